The summed E-state index contributed by atoms with van der Waals surface area (Å²) in [6.07, 6.45) is 1.34. The number of rotatable bonds is 2. The molecule has 0 bridgehead atoms. The van der Waals surface area contributed by atoms with Crippen LogP contribution in [0.2, 0.25) is 5.02 Å². The third-order valence-electron chi connectivity index (χ3n) is 3.19. The summed E-state index contributed by atoms with van der Waals surface area (Å²) in [5.41, 5.74) is 6.24. The number of ether oxygens (including phenoxy) is 1. The van der Waals surface area contributed by atoms with Crippen LogP contribution in [-0.2, 0) is 4.74 Å². The summed E-state index contributed by atoms with van der Waals surface area (Å²) >= 11 is 5.64. The van der Waals surface area contributed by atoms with E-state index in [4.69, 9.17) is 26.5 Å². The highest BCUT2D eigenvalue weighted by Gasteiger charge is 2.25. The van der Waals surface area contributed by atoms with Crippen molar-refractivity contribution in [2.24, 2.45) is 5.73 Å². The average Bonchev–Trinajstić information content (AvgIpc) is 2.92. The van der Waals surface area contributed by atoms with Gasteiger partial charge in [-0.05, 0) is 31.0 Å². The lowest BCUT2D eigenvalue weighted by Crippen LogP contribution is -2.32. The van der Waals surface area contributed by atoms with Crippen molar-refractivity contribution < 1.29 is 13.5 Å². The van der Waals surface area contributed by atoms with E-state index in [0.29, 0.717) is 18.1 Å². The van der Waals surface area contributed by atoms with Crippen molar-refractivity contribution in [2.45, 2.75) is 25.0 Å². The predicted octanol–water partition coefficient (Wildman–Crippen LogP) is 2.71. The van der Waals surface area contributed by atoms with Crippen LogP contribution in [0.5, 0.6) is 0 Å². The lowest BCUT2D eigenvalue weighted by molar-refractivity contribution is -0.0111. The van der Waals surface area contributed by atoms with Crippen molar-refractivity contribution in [3.8, 4) is 11.5 Å². The van der Waals surface area contributed by atoms with E-state index in [1.807, 2.05) is 0 Å². The van der Waals surface area contributed by atoms with Crippen LogP contribution >= 0.6 is 11.6 Å². The molecule has 1 aromatic heterocycles. The van der Waals surface area contributed by atoms with Gasteiger partial charge in [0.25, 0.3) is 0 Å². The van der Waals surface area contributed by atoms with Gasteiger partial charge in [0, 0.05) is 11.6 Å². The zero-order valence-electron chi connectivity index (χ0n) is 10.6. The normalized spacial score (nSPS) is 22.9. The van der Waals surface area contributed by atoms with Crippen LogP contribution in [0.1, 0.15) is 24.8 Å². The molecule has 1 aliphatic rings. The second kappa shape index (κ2) is 5.47. The first-order valence-electron chi connectivity index (χ1n) is 6.29. The van der Waals surface area contributed by atoms with Gasteiger partial charge in [-0.15, -0.1) is 10.2 Å². The Morgan fingerprint density at radius 1 is 1.30 bits per heavy atom. The van der Waals surface area contributed by atoms with Crippen molar-refractivity contribution in [3.05, 3.63) is 34.9 Å². The van der Waals surface area contributed by atoms with Gasteiger partial charge in [0.2, 0.25) is 11.8 Å². The molecule has 0 unspecified atom stereocenters. The van der Waals surface area contributed by atoms with Crippen LogP contribution in [0.3, 0.4) is 0 Å². The first-order valence-corrected chi connectivity index (χ1v) is 6.67. The van der Waals surface area contributed by atoms with Gasteiger partial charge in [0.15, 0.2) is 0 Å². The van der Waals surface area contributed by atoms with Crippen molar-refractivity contribution >= 4 is 11.6 Å². The maximum Gasteiger partial charge on any atom is 0.247 e. The van der Waals surface area contributed by atoms with Gasteiger partial charge in [0.1, 0.15) is 11.9 Å². The highest BCUT2D eigenvalue weighted by molar-refractivity contribution is 6.30. The fourth-order valence-corrected chi connectivity index (χ4v) is 2.19. The van der Waals surface area contributed by atoms with E-state index in [9.17, 15) is 4.39 Å². The molecule has 3 rings (SSSR count). The van der Waals surface area contributed by atoms with E-state index in [2.05, 4.69) is 10.2 Å². The summed E-state index contributed by atoms with van der Waals surface area (Å²) in [6.45, 7) is 0.470. The van der Waals surface area contributed by atoms with Gasteiger partial charge in [-0.1, -0.05) is 11.6 Å². The Hall–Kier alpha value is -1.50. The van der Waals surface area contributed by atoms with E-state index >= 15 is 0 Å². The fourth-order valence-electron chi connectivity index (χ4n) is 2.08. The van der Waals surface area contributed by atoms with Crippen LogP contribution in [0.25, 0.3) is 11.5 Å². The van der Waals surface area contributed by atoms with E-state index in [-0.39, 0.29) is 23.1 Å². The number of nitrogens with zero attached hydrogens (tertiary/aromatic N) is 2. The molecule has 5 nitrogen and oxygen atoms in total. The smallest absolute Gasteiger partial charge is 0.247 e. The number of nitrogens with two attached hydrogens (primary N) is 1. The van der Waals surface area contributed by atoms with Crippen LogP contribution in [0, 0.1) is 5.82 Å². The maximum atomic E-state index is 13.4. The Balaban J connectivity index is 1.81. The molecule has 106 valence electrons. The molecule has 1 aliphatic heterocycles. The molecule has 0 spiro atoms. The summed E-state index contributed by atoms with van der Waals surface area (Å²) < 4.78 is 24.5. The highest BCUT2D eigenvalue weighted by atomic mass is 35.5. The first-order chi connectivity index (χ1) is 9.63. The molecule has 2 atom stereocenters. The molecular weight excluding hydrogens is 285 g/mol. The summed E-state index contributed by atoms with van der Waals surface area (Å²) in [7, 11) is 0. The van der Waals surface area contributed by atoms with Gasteiger partial charge in [-0.25, -0.2) is 4.39 Å². The number of benzene rings is 1. The van der Waals surface area contributed by atoms with Gasteiger partial charge < -0.3 is 14.9 Å². The third kappa shape index (κ3) is 2.67. The van der Waals surface area contributed by atoms with E-state index < -0.39 is 5.82 Å². The summed E-state index contributed by atoms with van der Waals surface area (Å²) in [5.74, 6) is 0.111. The average molecular weight is 298 g/mol. The molecule has 0 saturated carbocycles. The minimum Gasteiger partial charge on any atom is -0.418 e. The molecule has 2 N–H and O–H groups in total. The summed E-state index contributed by atoms with van der Waals surface area (Å²) in [4.78, 5) is 0. The number of hydrogen-bond donors (Lipinski definition) is 1. The van der Waals surface area contributed by atoms with Crippen molar-refractivity contribution in [1.29, 1.82) is 0 Å². The monoisotopic (exact) mass is 297 g/mol. The standard InChI is InChI=1S/C13H13ClFN3O2/c14-9-3-1-7(5-10(9)15)12-17-18-13(20-12)11-4-2-8(16)6-19-11/h1,3,5,8,11H,2,4,6,16H2/t8-,11+/m1/s1. The number of halogens is 2. The van der Waals surface area contributed by atoms with E-state index in [0.717, 1.165) is 12.8 Å². The second-order valence-electron chi connectivity index (χ2n) is 4.73. The molecule has 7 heteroatoms. The van der Waals surface area contributed by atoms with Crippen molar-refractivity contribution in [1.82, 2.24) is 10.2 Å². The van der Waals surface area contributed by atoms with Gasteiger partial charge in [0.05, 0.1) is 11.6 Å². The molecule has 2 heterocycles. The largest absolute Gasteiger partial charge is 0.418 e. The molecule has 0 amide bonds. The molecule has 1 fully saturated rings. The lowest BCUT2D eigenvalue weighted by atomic mass is 10.1. The first kappa shape index (κ1) is 13.5. The van der Waals surface area contributed by atoms with Crippen LogP contribution in [0.4, 0.5) is 4.39 Å². The summed E-state index contributed by atoms with van der Waals surface area (Å²) in [6, 6.07) is 4.39. The Morgan fingerprint density at radius 3 is 2.85 bits per heavy atom. The van der Waals surface area contributed by atoms with Crippen LogP contribution < -0.4 is 5.73 Å². The quantitative estimate of drug-likeness (QED) is 0.922. The Morgan fingerprint density at radius 2 is 2.15 bits per heavy atom. The van der Waals surface area contributed by atoms with Crippen LogP contribution in [0.15, 0.2) is 22.6 Å². The van der Waals surface area contributed by atoms with E-state index in [1.54, 1.807) is 6.07 Å². The Kier molecular flexibility index (Phi) is 3.69. The Labute approximate surface area is 119 Å². The molecule has 1 aromatic carbocycles. The number of aromatic nitrogens is 2. The number of hydrogen-bond acceptors (Lipinski definition) is 5. The third-order valence-corrected chi connectivity index (χ3v) is 3.50. The van der Waals surface area contributed by atoms with Crippen molar-refractivity contribution in [3.63, 3.8) is 0 Å². The molecular formula is C13H13ClFN3O2. The molecule has 20 heavy (non-hydrogen) atoms. The van der Waals surface area contributed by atoms with Crippen LogP contribution in [-0.4, -0.2) is 22.8 Å². The zero-order chi connectivity index (χ0) is 14.1. The van der Waals surface area contributed by atoms with Crippen molar-refractivity contribution in [2.75, 3.05) is 6.61 Å². The van der Waals surface area contributed by atoms with Gasteiger partial charge >= 0.3 is 0 Å². The SMILES string of the molecule is N[C@@H]1CC[C@@H](c2nnc(-c3ccc(Cl)c(F)c3)o2)OC1. The lowest BCUT2D eigenvalue weighted by Gasteiger charge is -2.24. The molecule has 0 radical (unpaired) electrons. The zero-order valence-corrected chi connectivity index (χ0v) is 11.3. The Bertz CT molecular complexity index is 611. The molecule has 0 aliphatic carbocycles. The molecule has 1 saturated heterocycles. The minimum absolute atomic E-state index is 0.0538. The highest BCUT2D eigenvalue weighted by Crippen LogP contribution is 2.29. The van der Waals surface area contributed by atoms with Gasteiger partial charge in [-0.3, -0.25) is 0 Å². The topological polar surface area (TPSA) is 74.2 Å². The summed E-state index contributed by atoms with van der Waals surface area (Å²) in [5, 5.41) is 7.92. The van der Waals surface area contributed by atoms with E-state index in [1.165, 1.54) is 12.1 Å². The van der Waals surface area contributed by atoms with Gasteiger partial charge in [-0.2, -0.15) is 0 Å². The predicted molar refractivity (Wildman–Crippen MR) is 70.6 cm³/mol. The maximum absolute atomic E-state index is 13.4. The minimum atomic E-state index is -0.524. The second-order valence-corrected chi connectivity index (χ2v) is 5.14. The fraction of sp³-hybridized carbons (Fsp3) is 0.385. The molecule has 2 aromatic rings.